The second kappa shape index (κ2) is 5.43. The Bertz CT molecular complexity index is 520. The van der Waals surface area contributed by atoms with Crippen molar-refractivity contribution >= 4 is 39.1 Å². The van der Waals surface area contributed by atoms with E-state index in [2.05, 4.69) is 22.0 Å². The molecule has 88 valence electrons. The third-order valence-electron chi connectivity index (χ3n) is 2.59. The molecule has 0 aliphatic rings. The molecule has 0 aliphatic carbocycles. The van der Waals surface area contributed by atoms with Gasteiger partial charge in [0.1, 0.15) is 0 Å². The Morgan fingerprint density at radius 1 is 1.00 bits per heavy atom. The smallest absolute Gasteiger partial charge is 0.0659 e. The zero-order valence-corrected chi connectivity index (χ0v) is 12.4. The van der Waals surface area contributed by atoms with Crippen LogP contribution in [-0.2, 0) is 0 Å². The molecule has 1 atom stereocenters. The van der Waals surface area contributed by atoms with Gasteiger partial charge in [-0.15, -0.1) is 0 Å². The number of alkyl halides is 1. The van der Waals surface area contributed by atoms with Gasteiger partial charge in [-0.1, -0.05) is 63.4 Å². The molecule has 0 aliphatic heterocycles. The molecule has 2 rings (SSSR count). The van der Waals surface area contributed by atoms with Gasteiger partial charge in [-0.05, 0) is 41.8 Å². The van der Waals surface area contributed by atoms with Crippen LogP contribution in [0.15, 0.2) is 42.5 Å². The van der Waals surface area contributed by atoms with E-state index in [4.69, 9.17) is 23.2 Å². The van der Waals surface area contributed by atoms with Gasteiger partial charge in [0.2, 0.25) is 0 Å². The van der Waals surface area contributed by atoms with Crippen LogP contribution < -0.4 is 0 Å². The molecule has 0 aromatic heterocycles. The minimum atomic E-state index is 0.0906. The summed E-state index contributed by atoms with van der Waals surface area (Å²) in [5.41, 5.74) is 3.37. The third-order valence-corrected chi connectivity index (χ3v) is 4.19. The van der Waals surface area contributed by atoms with Gasteiger partial charge < -0.3 is 0 Å². The van der Waals surface area contributed by atoms with Gasteiger partial charge in [0, 0.05) is 10.0 Å². The van der Waals surface area contributed by atoms with E-state index in [9.17, 15) is 0 Å². The van der Waals surface area contributed by atoms with Crippen molar-refractivity contribution in [3.8, 4) is 0 Å². The Morgan fingerprint density at radius 2 is 1.65 bits per heavy atom. The Labute approximate surface area is 120 Å². The topological polar surface area (TPSA) is 0 Å². The quantitative estimate of drug-likeness (QED) is 0.612. The second-order valence-electron chi connectivity index (χ2n) is 3.94. The minimum Gasteiger partial charge on any atom is -0.0843 e. The summed E-state index contributed by atoms with van der Waals surface area (Å²) in [5.74, 6) is 0. The predicted molar refractivity (Wildman–Crippen MR) is 78.4 cm³/mol. The van der Waals surface area contributed by atoms with Gasteiger partial charge in [-0.25, -0.2) is 0 Å². The van der Waals surface area contributed by atoms with Crippen LogP contribution in [0.5, 0.6) is 0 Å². The van der Waals surface area contributed by atoms with E-state index >= 15 is 0 Å². The molecule has 0 spiro atoms. The molecular weight excluding hydrogens is 319 g/mol. The monoisotopic (exact) mass is 328 g/mol. The van der Waals surface area contributed by atoms with E-state index in [0.717, 1.165) is 26.7 Å². The molecule has 0 heterocycles. The molecular formula is C14H11BrCl2. The summed E-state index contributed by atoms with van der Waals surface area (Å²) in [6.45, 7) is 2.03. The molecule has 3 heteroatoms. The minimum absolute atomic E-state index is 0.0906. The van der Waals surface area contributed by atoms with Crippen molar-refractivity contribution in [3.63, 3.8) is 0 Å². The SMILES string of the molecule is Cc1ccc(C(Br)c2ccc(Cl)cc2)c(Cl)c1. The molecule has 0 radical (unpaired) electrons. The summed E-state index contributed by atoms with van der Waals surface area (Å²) in [5, 5.41) is 1.52. The number of benzene rings is 2. The van der Waals surface area contributed by atoms with Crippen LogP contribution in [0.2, 0.25) is 10.0 Å². The maximum Gasteiger partial charge on any atom is 0.0659 e. The van der Waals surface area contributed by atoms with Crippen LogP contribution in [0.3, 0.4) is 0 Å². The lowest BCUT2D eigenvalue weighted by Gasteiger charge is -2.13. The number of hydrogen-bond donors (Lipinski definition) is 0. The van der Waals surface area contributed by atoms with Gasteiger partial charge in [-0.3, -0.25) is 0 Å². The lowest BCUT2D eigenvalue weighted by Crippen LogP contribution is -1.94. The van der Waals surface area contributed by atoms with E-state index < -0.39 is 0 Å². The lowest BCUT2D eigenvalue weighted by atomic mass is 10.0. The van der Waals surface area contributed by atoms with Crippen molar-refractivity contribution in [2.45, 2.75) is 11.8 Å². The van der Waals surface area contributed by atoms with Crippen molar-refractivity contribution in [3.05, 3.63) is 69.2 Å². The summed E-state index contributed by atoms with van der Waals surface area (Å²) in [6.07, 6.45) is 0. The van der Waals surface area contributed by atoms with Gasteiger partial charge >= 0.3 is 0 Å². The molecule has 2 aromatic carbocycles. The van der Waals surface area contributed by atoms with Gasteiger partial charge in [0.15, 0.2) is 0 Å². The first-order valence-electron chi connectivity index (χ1n) is 5.23. The normalized spacial score (nSPS) is 12.5. The Balaban J connectivity index is 2.36. The van der Waals surface area contributed by atoms with Crippen LogP contribution in [-0.4, -0.2) is 0 Å². The highest BCUT2D eigenvalue weighted by molar-refractivity contribution is 9.09. The first-order chi connectivity index (χ1) is 8.08. The average molecular weight is 330 g/mol. The summed E-state index contributed by atoms with van der Waals surface area (Å²) in [7, 11) is 0. The van der Waals surface area contributed by atoms with Crippen LogP contribution in [0.1, 0.15) is 21.5 Å². The molecule has 17 heavy (non-hydrogen) atoms. The van der Waals surface area contributed by atoms with Crippen LogP contribution in [0.4, 0.5) is 0 Å². The highest BCUT2D eigenvalue weighted by Crippen LogP contribution is 2.35. The van der Waals surface area contributed by atoms with E-state index in [1.807, 2.05) is 43.3 Å². The number of halogens is 3. The molecule has 0 saturated carbocycles. The van der Waals surface area contributed by atoms with Crippen LogP contribution in [0, 0.1) is 6.92 Å². The first kappa shape index (κ1) is 12.9. The van der Waals surface area contributed by atoms with Crippen LogP contribution in [0.25, 0.3) is 0 Å². The summed E-state index contributed by atoms with van der Waals surface area (Å²) < 4.78 is 0. The summed E-state index contributed by atoms with van der Waals surface area (Å²) >= 11 is 15.8. The summed E-state index contributed by atoms with van der Waals surface area (Å²) in [4.78, 5) is 0.0906. The van der Waals surface area contributed by atoms with Crippen molar-refractivity contribution in [1.82, 2.24) is 0 Å². The third kappa shape index (κ3) is 3.04. The van der Waals surface area contributed by atoms with Crippen molar-refractivity contribution < 1.29 is 0 Å². The molecule has 1 unspecified atom stereocenters. The molecule has 0 fully saturated rings. The number of aryl methyl sites for hydroxylation is 1. The van der Waals surface area contributed by atoms with Crippen molar-refractivity contribution in [2.75, 3.05) is 0 Å². The zero-order chi connectivity index (χ0) is 12.4. The molecule has 0 N–H and O–H groups in total. The zero-order valence-electron chi connectivity index (χ0n) is 9.25. The molecule has 0 amide bonds. The Kier molecular flexibility index (Phi) is 4.13. The van der Waals surface area contributed by atoms with Crippen molar-refractivity contribution in [2.24, 2.45) is 0 Å². The second-order valence-corrected chi connectivity index (χ2v) is 5.70. The number of hydrogen-bond acceptors (Lipinski definition) is 0. The maximum absolute atomic E-state index is 6.25. The largest absolute Gasteiger partial charge is 0.0843 e. The first-order valence-corrected chi connectivity index (χ1v) is 6.90. The highest BCUT2D eigenvalue weighted by atomic mass is 79.9. The Morgan fingerprint density at radius 3 is 2.24 bits per heavy atom. The molecule has 0 saturated heterocycles. The van der Waals surface area contributed by atoms with E-state index in [-0.39, 0.29) is 4.83 Å². The molecule has 2 aromatic rings. The summed E-state index contributed by atoms with van der Waals surface area (Å²) in [6, 6.07) is 13.8. The Hall–Kier alpha value is -0.500. The fourth-order valence-corrected chi connectivity index (χ4v) is 2.96. The van der Waals surface area contributed by atoms with Gasteiger partial charge in [0.25, 0.3) is 0 Å². The van der Waals surface area contributed by atoms with E-state index in [1.54, 1.807) is 0 Å². The van der Waals surface area contributed by atoms with E-state index in [0.29, 0.717) is 0 Å². The highest BCUT2D eigenvalue weighted by Gasteiger charge is 2.13. The standard InChI is InChI=1S/C14H11BrCl2/c1-9-2-7-12(13(17)8-9)14(15)10-3-5-11(16)6-4-10/h2-8,14H,1H3. The fraction of sp³-hybridized carbons (Fsp3) is 0.143. The predicted octanol–water partition coefficient (Wildman–Crippen LogP) is 5.79. The maximum atomic E-state index is 6.25. The lowest BCUT2D eigenvalue weighted by molar-refractivity contribution is 1.17. The number of rotatable bonds is 2. The fourth-order valence-electron chi connectivity index (χ4n) is 1.65. The van der Waals surface area contributed by atoms with Crippen molar-refractivity contribution in [1.29, 1.82) is 0 Å². The van der Waals surface area contributed by atoms with E-state index in [1.165, 1.54) is 0 Å². The van der Waals surface area contributed by atoms with Gasteiger partial charge in [-0.2, -0.15) is 0 Å². The molecule has 0 nitrogen and oxygen atoms in total. The van der Waals surface area contributed by atoms with Crippen LogP contribution >= 0.6 is 39.1 Å². The average Bonchev–Trinajstić information content (AvgIpc) is 2.29. The molecule has 0 bridgehead atoms. The van der Waals surface area contributed by atoms with Gasteiger partial charge in [0.05, 0.1) is 4.83 Å².